The van der Waals surface area contributed by atoms with Crippen molar-refractivity contribution < 1.29 is 45.3 Å². The smallest absolute Gasteiger partial charge is 1.00 e. The first kappa shape index (κ1) is 22.3. The predicted molar refractivity (Wildman–Crippen MR) is 85.1 cm³/mol. The van der Waals surface area contributed by atoms with E-state index in [0.29, 0.717) is 0 Å². The van der Waals surface area contributed by atoms with Crippen LogP contribution < -0.4 is 35.3 Å². The van der Waals surface area contributed by atoms with Gasteiger partial charge in [0.25, 0.3) is 0 Å². The zero-order valence-electron chi connectivity index (χ0n) is 15.3. The minimum absolute atomic E-state index is 0. The van der Waals surface area contributed by atoms with Gasteiger partial charge in [-0.3, -0.25) is 4.79 Å². The van der Waals surface area contributed by atoms with Gasteiger partial charge in [-0.15, -0.1) is 0 Å². The molecule has 23 heavy (non-hydrogen) atoms. The Morgan fingerprint density at radius 1 is 1.26 bits per heavy atom. The van der Waals surface area contributed by atoms with Crippen molar-refractivity contribution in [3.05, 3.63) is 18.2 Å². The molecule has 0 amide bonds. The molecule has 6 nitrogen and oxygen atoms in total. The number of aromatic nitrogens is 2. The van der Waals surface area contributed by atoms with Crippen LogP contribution in [0.2, 0.25) is 0 Å². The zero-order valence-corrected chi connectivity index (χ0v) is 16.3. The number of carbonyl (C=O) groups excluding carboxylic acids is 2. The maximum atomic E-state index is 11.7. The molecular formula is C16H28N3NaO3. The molecule has 126 valence electrons. The zero-order chi connectivity index (χ0) is 16.2. The second-order valence-electron chi connectivity index (χ2n) is 5.55. The molecular weight excluding hydrogens is 305 g/mol. The molecule has 0 saturated carbocycles. The van der Waals surface area contributed by atoms with Crippen LogP contribution in [0.3, 0.4) is 0 Å². The fourth-order valence-corrected chi connectivity index (χ4v) is 2.18. The first-order valence-electron chi connectivity index (χ1n) is 8.10. The molecule has 0 unspecified atom stereocenters. The minimum Gasteiger partial charge on any atom is -1.00 e. The molecule has 1 aromatic rings. The summed E-state index contributed by atoms with van der Waals surface area (Å²) in [6.07, 6.45) is 11.5. The minimum atomic E-state index is -0.849. The molecule has 0 bridgehead atoms. The number of H-pyrrole nitrogens is 1. The van der Waals surface area contributed by atoms with E-state index in [9.17, 15) is 9.59 Å². The number of unbranched alkanes of at least 4 members (excludes halogenated alkanes) is 6. The van der Waals surface area contributed by atoms with E-state index in [4.69, 9.17) is 10.5 Å². The molecule has 1 atom stereocenters. The topological polar surface area (TPSA) is 98.1 Å². The number of carbonyl (C=O) groups is 2. The van der Waals surface area contributed by atoms with E-state index in [1.807, 2.05) is 0 Å². The summed E-state index contributed by atoms with van der Waals surface area (Å²) in [4.78, 5) is 30.0. The molecule has 7 heteroatoms. The molecule has 0 spiro atoms. The van der Waals surface area contributed by atoms with Crippen LogP contribution >= 0.6 is 0 Å². The molecule has 0 aliphatic heterocycles. The summed E-state index contributed by atoms with van der Waals surface area (Å²) in [6, 6.07) is -0.849. The van der Waals surface area contributed by atoms with E-state index in [1.165, 1.54) is 32.0 Å². The number of nitrogens with one attached hydrogen (secondary N) is 1. The number of ether oxygens (including phenoxy) is 1. The van der Waals surface area contributed by atoms with Gasteiger partial charge >= 0.3 is 41.5 Å². The van der Waals surface area contributed by atoms with E-state index in [-0.39, 0.29) is 43.8 Å². The molecule has 0 radical (unpaired) electrons. The van der Waals surface area contributed by atoms with Gasteiger partial charge < -0.3 is 16.9 Å². The van der Waals surface area contributed by atoms with Crippen molar-refractivity contribution in [2.45, 2.75) is 70.8 Å². The SMILES string of the molecule is CCCCCCCCCC(=O)OC(=O)[C@@H](N)Cc1cnc[nH]1.[H-].[Na+]. The Labute approximate surface area is 161 Å². The fourth-order valence-electron chi connectivity index (χ4n) is 2.18. The van der Waals surface area contributed by atoms with Crippen LogP contribution in [0.5, 0.6) is 0 Å². The Kier molecular flexibility index (Phi) is 13.3. The van der Waals surface area contributed by atoms with Crippen LogP contribution in [0.4, 0.5) is 0 Å². The Bertz CT molecular complexity index is 444. The second kappa shape index (κ2) is 13.7. The van der Waals surface area contributed by atoms with Crippen LogP contribution in [-0.2, 0) is 20.7 Å². The van der Waals surface area contributed by atoms with Gasteiger partial charge in [0.15, 0.2) is 0 Å². The molecule has 0 aliphatic carbocycles. The quantitative estimate of drug-likeness (QED) is 0.249. The van der Waals surface area contributed by atoms with Gasteiger partial charge in [0.05, 0.1) is 6.33 Å². The summed E-state index contributed by atoms with van der Waals surface area (Å²) in [5.41, 5.74) is 6.44. The monoisotopic (exact) mass is 333 g/mol. The molecule has 3 N–H and O–H groups in total. The third-order valence-corrected chi connectivity index (χ3v) is 3.50. The summed E-state index contributed by atoms with van der Waals surface area (Å²) in [5.74, 6) is -1.17. The van der Waals surface area contributed by atoms with Gasteiger partial charge in [0.1, 0.15) is 6.04 Å². The van der Waals surface area contributed by atoms with Gasteiger partial charge in [0.2, 0.25) is 0 Å². The number of esters is 2. The Balaban J connectivity index is 0. The van der Waals surface area contributed by atoms with Crippen LogP contribution in [0.15, 0.2) is 12.5 Å². The van der Waals surface area contributed by atoms with E-state index < -0.39 is 18.0 Å². The van der Waals surface area contributed by atoms with Crippen molar-refractivity contribution in [3.63, 3.8) is 0 Å². The normalized spacial score (nSPS) is 11.6. The molecule has 0 aliphatic rings. The van der Waals surface area contributed by atoms with Crippen molar-refractivity contribution in [2.75, 3.05) is 0 Å². The fraction of sp³-hybridized carbons (Fsp3) is 0.688. The molecule has 0 aromatic carbocycles. The summed E-state index contributed by atoms with van der Waals surface area (Å²) < 4.78 is 4.77. The number of hydrogen-bond acceptors (Lipinski definition) is 5. The van der Waals surface area contributed by atoms with Crippen molar-refractivity contribution >= 4 is 11.9 Å². The number of nitrogens with two attached hydrogens (primary N) is 1. The average molecular weight is 333 g/mol. The average Bonchev–Trinajstić information content (AvgIpc) is 2.99. The standard InChI is InChI=1S/C16H27N3O3.Na.H/c1-2-3-4-5-6-7-8-9-15(20)22-16(21)14(17)10-13-11-18-12-19-13;;/h11-12,14H,2-10,17H2,1H3,(H,18,19);;/q;+1;-1/t14-;;/m0../s1. The van der Waals surface area contributed by atoms with Crippen LogP contribution in [-0.4, -0.2) is 27.9 Å². The van der Waals surface area contributed by atoms with Crippen molar-refractivity contribution in [2.24, 2.45) is 5.73 Å². The van der Waals surface area contributed by atoms with Crippen LogP contribution in [0.1, 0.15) is 65.4 Å². The molecule has 0 fully saturated rings. The Morgan fingerprint density at radius 2 is 1.91 bits per heavy atom. The number of nitrogens with zero attached hydrogens (tertiary/aromatic N) is 1. The number of rotatable bonds is 11. The summed E-state index contributed by atoms with van der Waals surface area (Å²) in [6.45, 7) is 2.18. The van der Waals surface area contributed by atoms with Crippen molar-refractivity contribution in [3.8, 4) is 0 Å². The molecule has 1 rings (SSSR count). The van der Waals surface area contributed by atoms with Crippen LogP contribution in [0.25, 0.3) is 0 Å². The van der Waals surface area contributed by atoms with E-state index in [2.05, 4.69) is 16.9 Å². The number of aromatic amines is 1. The third kappa shape index (κ3) is 10.7. The van der Waals surface area contributed by atoms with Gasteiger partial charge in [-0.2, -0.15) is 0 Å². The number of imidazole rings is 1. The largest absolute Gasteiger partial charge is 1.00 e. The van der Waals surface area contributed by atoms with Gasteiger partial charge in [-0.25, -0.2) is 9.78 Å². The van der Waals surface area contributed by atoms with Crippen molar-refractivity contribution in [1.29, 1.82) is 0 Å². The van der Waals surface area contributed by atoms with Crippen LogP contribution in [0, 0.1) is 0 Å². The van der Waals surface area contributed by atoms with Gasteiger partial charge in [-0.05, 0) is 6.42 Å². The Morgan fingerprint density at radius 3 is 2.52 bits per heavy atom. The molecule has 1 heterocycles. The van der Waals surface area contributed by atoms with E-state index >= 15 is 0 Å². The summed E-state index contributed by atoms with van der Waals surface area (Å²) in [7, 11) is 0. The second-order valence-corrected chi connectivity index (χ2v) is 5.55. The summed E-state index contributed by atoms with van der Waals surface area (Å²) >= 11 is 0. The van der Waals surface area contributed by atoms with Crippen molar-refractivity contribution in [1.82, 2.24) is 9.97 Å². The van der Waals surface area contributed by atoms with Gasteiger partial charge in [0, 0.05) is 24.7 Å². The van der Waals surface area contributed by atoms with Gasteiger partial charge in [-0.1, -0.05) is 45.4 Å². The third-order valence-electron chi connectivity index (χ3n) is 3.50. The maximum Gasteiger partial charge on any atom is 1.00 e. The molecule has 0 saturated heterocycles. The molecule has 1 aromatic heterocycles. The van der Waals surface area contributed by atoms with E-state index in [0.717, 1.165) is 25.0 Å². The summed E-state index contributed by atoms with van der Waals surface area (Å²) in [5, 5.41) is 0. The van der Waals surface area contributed by atoms with E-state index in [1.54, 1.807) is 6.20 Å². The number of hydrogen-bond donors (Lipinski definition) is 2. The predicted octanol–water partition coefficient (Wildman–Crippen LogP) is -0.393. The first-order valence-corrected chi connectivity index (χ1v) is 8.10. The maximum absolute atomic E-state index is 11.7. The Hall–Kier alpha value is -0.690. The first-order chi connectivity index (χ1) is 10.6.